The zero-order chi connectivity index (χ0) is 19.1. The molecule has 5 rings (SSSR count). The Hall–Kier alpha value is -2.63. The van der Waals surface area contributed by atoms with Crippen molar-refractivity contribution in [1.29, 1.82) is 0 Å². The lowest BCUT2D eigenvalue weighted by atomic mass is 9.90. The van der Waals surface area contributed by atoms with Crippen molar-refractivity contribution in [2.24, 2.45) is 11.3 Å². The highest BCUT2D eigenvalue weighted by Gasteiger charge is 2.58. The van der Waals surface area contributed by atoms with Gasteiger partial charge in [-0.05, 0) is 62.5 Å². The number of fused-ring (bicyclic) bond motifs is 1. The lowest BCUT2D eigenvalue weighted by molar-refractivity contribution is -0.118. The van der Waals surface area contributed by atoms with Gasteiger partial charge in [0, 0.05) is 30.3 Å². The van der Waals surface area contributed by atoms with Gasteiger partial charge in [-0.15, -0.1) is 0 Å². The number of aryl methyl sites for hydroxylation is 1. The summed E-state index contributed by atoms with van der Waals surface area (Å²) >= 11 is 0. The van der Waals surface area contributed by atoms with Crippen molar-refractivity contribution in [2.45, 2.75) is 44.9 Å². The number of nitrogens with one attached hydrogen (secondary N) is 1. The smallest absolute Gasteiger partial charge is 0.292 e. The minimum Gasteiger partial charge on any atom is -0.350 e. The molecule has 2 fully saturated rings. The Balaban J connectivity index is 1.20. The van der Waals surface area contributed by atoms with E-state index in [0.29, 0.717) is 18.8 Å². The SMILES string of the molecule is O=C(Nc1ccccc1)[C@H]1CC12CCN(C(=O)c1onc3c1CCCC3)CC2. The maximum Gasteiger partial charge on any atom is 0.292 e. The van der Waals surface area contributed by atoms with E-state index in [1.165, 1.54) is 0 Å². The molecule has 6 heteroatoms. The summed E-state index contributed by atoms with van der Waals surface area (Å²) < 4.78 is 5.42. The number of nitrogens with zero attached hydrogens (tertiary/aromatic N) is 2. The molecule has 1 spiro atoms. The van der Waals surface area contributed by atoms with Gasteiger partial charge in [0.25, 0.3) is 5.91 Å². The second-order valence-corrected chi connectivity index (χ2v) is 8.41. The maximum absolute atomic E-state index is 12.9. The van der Waals surface area contributed by atoms with Crippen LogP contribution < -0.4 is 5.32 Å². The molecule has 3 aliphatic rings. The predicted molar refractivity (Wildman–Crippen MR) is 104 cm³/mol. The molecule has 1 N–H and O–H groups in total. The van der Waals surface area contributed by atoms with Crippen molar-refractivity contribution in [2.75, 3.05) is 18.4 Å². The summed E-state index contributed by atoms with van der Waals surface area (Å²) in [5.41, 5.74) is 2.89. The maximum atomic E-state index is 12.9. The number of hydrogen-bond donors (Lipinski definition) is 1. The molecular weight excluding hydrogens is 354 g/mol. The fourth-order valence-electron chi connectivity index (χ4n) is 4.88. The first-order valence-electron chi connectivity index (χ1n) is 10.3. The van der Waals surface area contributed by atoms with Gasteiger partial charge in [-0.2, -0.15) is 0 Å². The van der Waals surface area contributed by atoms with Crippen LogP contribution >= 0.6 is 0 Å². The van der Waals surface area contributed by atoms with E-state index in [1.54, 1.807) is 0 Å². The molecule has 6 nitrogen and oxygen atoms in total. The Labute approximate surface area is 164 Å². The minimum atomic E-state index is -0.0311. The molecule has 1 atom stereocenters. The van der Waals surface area contributed by atoms with E-state index in [9.17, 15) is 9.59 Å². The summed E-state index contributed by atoms with van der Waals surface area (Å²) in [6, 6.07) is 9.60. The number of carbonyl (C=O) groups excluding carboxylic acids is 2. The number of carbonyl (C=O) groups is 2. The first-order chi connectivity index (χ1) is 13.7. The van der Waals surface area contributed by atoms with Crippen LogP contribution in [0, 0.1) is 11.3 Å². The monoisotopic (exact) mass is 379 g/mol. The lowest BCUT2D eigenvalue weighted by Crippen LogP contribution is -2.40. The Morgan fingerprint density at radius 1 is 1.11 bits per heavy atom. The van der Waals surface area contributed by atoms with Crippen LogP contribution in [-0.2, 0) is 17.6 Å². The normalized spacial score (nSPS) is 22.6. The Morgan fingerprint density at radius 3 is 2.64 bits per heavy atom. The van der Waals surface area contributed by atoms with E-state index in [2.05, 4.69) is 10.5 Å². The predicted octanol–water partition coefficient (Wildman–Crippen LogP) is 3.43. The highest BCUT2D eigenvalue weighted by atomic mass is 16.5. The van der Waals surface area contributed by atoms with Crippen LogP contribution in [0.15, 0.2) is 34.9 Å². The second-order valence-electron chi connectivity index (χ2n) is 8.41. The zero-order valence-electron chi connectivity index (χ0n) is 15.9. The number of para-hydroxylation sites is 1. The Morgan fingerprint density at radius 2 is 1.86 bits per heavy atom. The Bertz CT molecular complexity index is 897. The van der Waals surface area contributed by atoms with Gasteiger partial charge < -0.3 is 14.7 Å². The molecule has 2 heterocycles. The number of anilines is 1. The lowest BCUT2D eigenvalue weighted by Gasteiger charge is -2.32. The van der Waals surface area contributed by atoms with Gasteiger partial charge >= 0.3 is 0 Å². The molecule has 146 valence electrons. The van der Waals surface area contributed by atoms with E-state index in [-0.39, 0.29) is 23.1 Å². The van der Waals surface area contributed by atoms with Gasteiger partial charge in [0.1, 0.15) is 0 Å². The van der Waals surface area contributed by atoms with Crippen LogP contribution in [0.1, 0.15) is 53.9 Å². The van der Waals surface area contributed by atoms with Gasteiger partial charge in [-0.1, -0.05) is 23.4 Å². The first kappa shape index (κ1) is 17.5. The van der Waals surface area contributed by atoms with Crippen molar-refractivity contribution in [3.05, 3.63) is 47.3 Å². The van der Waals surface area contributed by atoms with Crippen LogP contribution in [0.3, 0.4) is 0 Å². The summed E-state index contributed by atoms with van der Waals surface area (Å²) in [6.45, 7) is 1.37. The van der Waals surface area contributed by atoms with Gasteiger partial charge in [0.15, 0.2) is 0 Å². The molecule has 2 aliphatic carbocycles. The summed E-state index contributed by atoms with van der Waals surface area (Å²) in [7, 11) is 0. The van der Waals surface area contributed by atoms with Crippen molar-refractivity contribution < 1.29 is 14.1 Å². The summed E-state index contributed by atoms with van der Waals surface area (Å²) in [5, 5.41) is 7.14. The van der Waals surface area contributed by atoms with Crippen LogP contribution in [0.5, 0.6) is 0 Å². The average molecular weight is 379 g/mol. The number of amides is 2. The van der Waals surface area contributed by atoms with Gasteiger partial charge in [-0.25, -0.2) is 0 Å². The molecule has 0 radical (unpaired) electrons. The summed E-state index contributed by atoms with van der Waals surface area (Å²) in [6.07, 6.45) is 6.68. The standard InChI is InChI=1S/C22H25N3O3/c26-20(23-15-6-2-1-3-7-15)17-14-22(17)10-12-25(13-11-22)21(27)19-16-8-4-5-9-18(16)24-28-19/h1-3,6-7,17H,4-5,8-14H2,(H,23,26)/t17-/m1/s1. The number of rotatable bonds is 3. The molecule has 2 amide bonds. The third kappa shape index (κ3) is 3.01. The highest BCUT2D eigenvalue weighted by molar-refractivity contribution is 5.95. The van der Waals surface area contributed by atoms with Gasteiger partial charge in [0.2, 0.25) is 11.7 Å². The molecule has 2 aromatic rings. The number of hydrogen-bond acceptors (Lipinski definition) is 4. The molecule has 28 heavy (non-hydrogen) atoms. The largest absolute Gasteiger partial charge is 0.350 e. The molecule has 1 aromatic heterocycles. The molecule has 1 saturated carbocycles. The minimum absolute atomic E-state index is 0.0311. The average Bonchev–Trinajstić information content (AvgIpc) is 3.26. The third-order valence-corrected chi connectivity index (χ3v) is 6.75. The fourth-order valence-corrected chi connectivity index (χ4v) is 4.88. The number of benzene rings is 1. The van der Waals surface area contributed by atoms with Crippen molar-refractivity contribution in [3.8, 4) is 0 Å². The van der Waals surface area contributed by atoms with E-state index in [4.69, 9.17) is 4.52 Å². The zero-order valence-corrected chi connectivity index (χ0v) is 15.9. The van der Waals surface area contributed by atoms with Crippen LogP contribution in [0.4, 0.5) is 5.69 Å². The van der Waals surface area contributed by atoms with E-state index >= 15 is 0 Å². The van der Waals surface area contributed by atoms with E-state index in [0.717, 1.165) is 61.9 Å². The molecular formula is C22H25N3O3. The van der Waals surface area contributed by atoms with Gasteiger partial charge in [0.05, 0.1) is 5.69 Å². The second kappa shape index (κ2) is 6.76. The molecule has 1 aliphatic heterocycles. The van der Waals surface area contributed by atoms with Crippen LogP contribution in [0.25, 0.3) is 0 Å². The van der Waals surface area contributed by atoms with Gasteiger partial charge in [-0.3, -0.25) is 9.59 Å². The summed E-state index contributed by atoms with van der Waals surface area (Å²) in [4.78, 5) is 27.4. The fraction of sp³-hybridized carbons (Fsp3) is 0.500. The van der Waals surface area contributed by atoms with Crippen molar-refractivity contribution in [1.82, 2.24) is 10.1 Å². The summed E-state index contributed by atoms with van der Waals surface area (Å²) in [5.74, 6) is 0.578. The van der Waals surface area contributed by atoms with Crippen molar-refractivity contribution in [3.63, 3.8) is 0 Å². The topological polar surface area (TPSA) is 75.4 Å². The van der Waals surface area contributed by atoms with Crippen LogP contribution in [0.2, 0.25) is 0 Å². The molecule has 1 aromatic carbocycles. The van der Waals surface area contributed by atoms with E-state index in [1.807, 2.05) is 35.2 Å². The van der Waals surface area contributed by atoms with E-state index < -0.39 is 0 Å². The third-order valence-electron chi connectivity index (χ3n) is 6.75. The first-order valence-corrected chi connectivity index (χ1v) is 10.3. The highest BCUT2D eigenvalue weighted by Crippen LogP contribution is 2.59. The molecule has 0 unspecified atom stereocenters. The molecule has 0 bridgehead atoms. The molecule has 1 saturated heterocycles. The Kier molecular flexibility index (Phi) is 4.22. The number of piperidine rings is 1. The van der Waals surface area contributed by atoms with Crippen molar-refractivity contribution >= 4 is 17.5 Å². The number of likely N-dealkylation sites (tertiary alicyclic amines) is 1. The quantitative estimate of drug-likeness (QED) is 0.886. The van der Waals surface area contributed by atoms with Crippen LogP contribution in [-0.4, -0.2) is 35.0 Å². The number of aromatic nitrogens is 1.